The van der Waals surface area contributed by atoms with Gasteiger partial charge in [0.2, 0.25) is 5.91 Å². The number of amides is 1. The van der Waals surface area contributed by atoms with Crippen LogP contribution in [0.15, 0.2) is 54.6 Å². The number of nitrogens with two attached hydrogens (primary N) is 1. The molecule has 0 radical (unpaired) electrons. The number of hydrogen-bond acceptors (Lipinski definition) is 3. The van der Waals surface area contributed by atoms with Gasteiger partial charge in [0.05, 0.1) is 5.69 Å². The van der Waals surface area contributed by atoms with Crippen molar-refractivity contribution < 1.29 is 9.59 Å². The van der Waals surface area contributed by atoms with Crippen LogP contribution in [0, 0.1) is 5.92 Å². The maximum atomic E-state index is 12.7. The highest BCUT2D eigenvalue weighted by Crippen LogP contribution is 2.29. The van der Waals surface area contributed by atoms with Crippen molar-refractivity contribution >= 4 is 17.4 Å². The summed E-state index contributed by atoms with van der Waals surface area (Å²) in [5.74, 6) is 0.122. The summed E-state index contributed by atoms with van der Waals surface area (Å²) in [5.41, 5.74) is 7.53. The molecule has 2 N–H and O–H groups in total. The van der Waals surface area contributed by atoms with Crippen LogP contribution in [0.2, 0.25) is 0 Å². The van der Waals surface area contributed by atoms with Crippen molar-refractivity contribution in [1.29, 1.82) is 0 Å². The first-order valence-electron chi connectivity index (χ1n) is 7.40. The summed E-state index contributed by atoms with van der Waals surface area (Å²) in [4.78, 5) is 26.6. The zero-order valence-corrected chi connectivity index (χ0v) is 12.2. The first-order valence-corrected chi connectivity index (χ1v) is 7.40. The lowest BCUT2D eigenvalue weighted by Gasteiger charge is -2.19. The van der Waals surface area contributed by atoms with E-state index in [9.17, 15) is 9.59 Å². The molecule has 112 valence electrons. The van der Waals surface area contributed by atoms with Gasteiger partial charge in [-0.1, -0.05) is 42.5 Å². The number of ketones is 1. The summed E-state index contributed by atoms with van der Waals surface area (Å²) < 4.78 is 0. The third kappa shape index (κ3) is 2.65. The van der Waals surface area contributed by atoms with Gasteiger partial charge in [0.25, 0.3) is 0 Å². The standard InChI is InChI=1S/C18H18N2O2/c19-11-13-10-17(21)20(12-13)16-9-5-4-8-15(16)18(22)14-6-2-1-3-7-14/h1-9,13H,10-12,19H2. The molecular formula is C18H18N2O2. The fourth-order valence-electron chi connectivity index (χ4n) is 2.82. The van der Waals surface area contributed by atoms with Crippen molar-refractivity contribution in [2.45, 2.75) is 6.42 Å². The Hall–Kier alpha value is -2.46. The molecule has 2 aromatic rings. The second-order valence-corrected chi connectivity index (χ2v) is 5.52. The van der Waals surface area contributed by atoms with Gasteiger partial charge in [-0.15, -0.1) is 0 Å². The molecule has 0 spiro atoms. The average Bonchev–Trinajstić information content (AvgIpc) is 2.96. The minimum absolute atomic E-state index is 0.0313. The number of nitrogens with zero attached hydrogens (tertiary/aromatic N) is 1. The van der Waals surface area contributed by atoms with Gasteiger partial charge < -0.3 is 10.6 Å². The SMILES string of the molecule is NCC1CC(=O)N(c2ccccc2C(=O)c2ccccc2)C1. The highest BCUT2D eigenvalue weighted by Gasteiger charge is 2.31. The van der Waals surface area contributed by atoms with Crippen LogP contribution in [0.25, 0.3) is 0 Å². The average molecular weight is 294 g/mol. The highest BCUT2D eigenvalue weighted by molar-refractivity contribution is 6.14. The molecule has 22 heavy (non-hydrogen) atoms. The molecule has 0 aliphatic carbocycles. The molecule has 2 aromatic carbocycles. The second kappa shape index (κ2) is 6.12. The summed E-state index contributed by atoms with van der Waals surface area (Å²) in [5, 5.41) is 0. The number of anilines is 1. The normalized spacial score (nSPS) is 17.8. The number of rotatable bonds is 4. The molecule has 1 unspecified atom stereocenters. The Morgan fingerprint density at radius 3 is 2.45 bits per heavy atom. The minimum atomic E-state index is -0.0693. The summed E-state index contributed by atoms with van der Waals surface area (Å²) in [6.45, 7) is 1.06. The predicted molar refractivity (Wildman–Crippen MR) is 85.8 cm³/mol. The van der Waals surface area contributed by atoms with E-state index in [1.807, 2.05) is 36.4 Å². The summed E-state index contributed by atoms with van der Waals surface area (Å²) in [7, 11) is 0. The molecule has 3 rings (SSSR count). The highest BCUT2D eigenvalue weighted by atomic mass is 16.2. The topological polar surface area (TPSA) is 63.4 Å². The van der Waals surface area contributed by atoms with E-state index < -0.39 is 0 Å². The second-order valence-electron chi connectivity index (χ2n) is 5.52. The number of carbonyl (C=O) groups is 2. The van der Waals surface area contributed by atoms with E-state index in [-0.39, 0.29) is 17.6 Å². The summed E-state index contributed by atoms with van der Waals surface area (Å²) >= 11 is 0. The number of carbonyl (C=O) groups excluding carboxylic acids is 2. The molecule has 1 heterocycles. The molecule has 4 heteroatoms. The van der Waals surface area contributed by atoms with Crippen molar-refractivity contribution in [2.75, 3.05) is 18.0 Å². The van der Waals surface area contributed by atoms with E-state index >= 15 is 0 Å². The Morgan fingerprint density at radius 2 is 1.77 bits per heavy atom. The third-order valence-electron chi connectivity index (χ3n) is 4.01. The van der Waals surface area contributed by atoms with E-state index in [1.165, 1.54) is 0 Å². The maximum Gasteiger partial charge on any atom is 0.227 e. The van der Waals surface area contributed by atoms with Crippen LogP contribution in [0.1, 0.15) is 22.3 Å². The van der Waals surface area contributed by atoms with Crippen LogP contribution in [0.5, 0.6) is 0 Å². The number of benzene rings is 2. The lowest BCUT2D eigenvalue weighted by Crippen LogP contribution is -2.27. The van der Waals surface area contributed by atoms with E-state index in [4.69, 9.17) is 5.73 Å². The monoisotopic (exact) mass is 294 g/mol. The van der Waals surface area contributed by atoms with Gasteiger partial charge in [-0.25, -0.2) is 0 Å². The van der Waals surface area contributed by atoms with Gasteiger partial charge in [0.1, 0.15) is 0 Å². The maximum absolute atomic E-state index is 12.7. The van der Waals surface area contributed by atoms with Crippen LogP contribution >= 0.6 is 0 Å². The van der Waals surface area contributed by atoms with Crippen LogP contribution in [0.4, 0.5) is 5.69 Å². The van der Waals surface area contributed by atoms with Gasteiger partial charge in [0.15, 0.2) is 5.78 Å². The smallest absolute Gasteiger partial charge is 0.227 e. The molecule has 1 atom stereocenters. The molecule has 4 nitrogen and oxygen atoms in total. The van der Waals surface area contributed by atoms with Gasteiger partial charge in [-0.05, 0) is 24.6 Å². The first-order chi connectivity index (χ1) is 10.7. The van der Waals surface area contributed by atoms with E-state index in [0.29, 0.717) is 36.3 Å². The zero-order valence-electron chi connectivity index (χ0n) is 12.2. The largest absolute Gasteiger partial charge is 0.330 e. The number of hydrogen-bond donors (Lipinski definition) is 1. The summed E-state index contributed by atoms with van der Waals surface area (Å²) in [6.07, 6.45) is 0.449. The molecular weight excluding hydrogens is 276 g/mol. The van der Waals surface area contributed by atoms with Gasteiger partial charge in [0, 0.05) is 24.1 Å². The Balaban J connectivity index is 1.97. The van der Waals surface area contributed by atoms with Crippen LogP contribution in [0.3, 0.4) is 0 Å². The lowest BCUT2D eigenvalue weighted by atomic mass is 10.0. The zero-order chi connectivity index (χ0) is 15.5. The predicted octanol–water partition coefficient (Wildman–Crippen LogP) is 2.23. The van der Waals surface area contributed by atoms with Gasteiger partial charge >= 0.3 is 0 Å². The quantitative estimate of drug-likeness (QED) is 0.880. The molecule has 0 aromatic heterocycles. The first kappa shape index (κ1) is 14.5. The molecule has 0 saturated carbocycles. The molecule has 1 amide bonds. The Labute approximate surface area is 129 Å². The minimum Gasteiger partial charge on any atom is -0.330 e. The van der Waals surface area contributed by atoms with E-state index in [0.717, 1.165) is 0 Å². The fraction of sp³-hybridized carbons (Fsp3) is 0.222. The molecule has 1 aliphatic heterocycles. The van der Waals surface area contributed by atoms with Crippen LogP contribution < -0.4 is 10.6 Å². The Bertz CT molecular complexity index is 697. The fourth-order valence-corrected chi connectivity index (χ4v) is 2.82. The van der Waals surface area contributed by atoms with Gasteiger partial charge in [-0.2, -0.15) is 0 Å². The van der Waals surface area contributed by atoms with Crippen molar-refractivity contribution in [1.82, 2.24) is 0 Å². The van der Waals surface area contributed by atoms with Crippen LogP contribution in [-0.2, 0) is 4.79 Å². The molecule has 0 bridgehead atoms. The molecule has 1 aliphatic rings. The van der Waals surface area contributed by atoms with Crippen molar-refractivity contribution in [3.05, 3.63) is 65.7 Å². The van der Waals surface area contributed by atoms with Crippen molar-refractivity contribution in [3.63, 3.8) is 0 Å². The molecule has 1 saturated heterocycles. The summed E-state index contributed by atoms with van der Waals surface area (Å²) in [6, 6.07) is 16.4. The van der Waals surface area contributed by atoms with Crippen LogP contribution in [-0.4, -0.2) is 24.8 Å². The Morgan fingerprint density at radius 1 is 1.09 bits per heavy atom. The van der Waals surface area contributed by atoms with Crippen molar-refractivity contribution in [2.24, 2.45) is 11.7 Å². The van der Waals surface area contributed by atoms with E-state index in [1.54, 1.807) is 23.1 Å². The lowest BCUT2D eigenvalue weighted by molar-refractivity contribution is -0.117. The molecule has 1 fully saturated rings. The number of para-hydroxylation sites is 1. The van der Waals surface area contributed by atoms with E-state index in [2.05, 4.69) is 0 Å². The Kier molecular flexibility index (Phi) is 4.02. The third-order valence-corrected chi connectivity index (χ3v) is 4.01. The van der Waals surface area contributed by atoms with Crippen molar-refractivity contribution in [3.8, 4) is 0 Å². The van der Waals surface area contributed by atoms with Gasteiger partial charge in [-0.3, -0.25) is 9.59 Å².